The Labute approximate surface area is 209 Å². The van der Waals surface area contributed by atoms with E-state index in [1.54, 1.807) is 14.2 Å². The van der Waals surface area contributed by atoms with E-state index in [9.17, 15) is 5.11 Å². The van der Waals surface area contributed by atoms with Crippen LogP contribution in [0.25, 0.3) is 10.2 Å². The number of morpholine rings is 1. The van der Waals surface area contributed by atoms with E-state index in [2.05, 4.69) is 9.80 Å². The predicted octanol–water partition coefficient (Wildman–Crippen LogP) is 3.47. The SMILES string of the molecule is COc1ccc(OC)c2c1CN(c1nc(CN3CCOCC3)nc3sc4c(c13)CCCC4)C[C@@H]2O. The van der Waals surface area contributed by atoms with E-state index in [-0.39, 0.29) is 0 Å². The van der Waals surface area contributed by atoms with Crippen LogP contribution in [0.4, 0.5) is 5.82 Å². The fraction of sp³-hybridized carbons (Fsp3) is 0.538. The molecule has 0 bridgehead atoms. The van der Waals surface area contributed by atoms with Crippen LogP contribution in [0.5, 0.6) is 11.5 Å². The van der Waals surface area contributed by atoms with Gasteiger partial charge >= 0.3 is 0 Å². The molecule has 4 heterocycles. The molecule has 1 aliphatic carbocycles. The molecule has 2 aliphatic heterocycles. The summed E-state index contributed by atoms with van der Waals surface area (Å²) < 4.78 is 16.8. The first-order valence-electron chi connectivity index (χ1n) is 12.4. The first-order valence-corrected chi connectivity index (χ1v) is 13.3. The van der Waals surface area contributed by atoms with E-state index in [1.807, 2.05) is 23.5 Å². The van der Waals surface area contributed by atoms with E-state index >= 15 is 0 Å². The molecule has 0 radical (unpaired) electrons. The first kappa shape index (κ1) is 23.0. The van der Waals surface area contributed by atoms with Crippen LogP contribution >= 0.6 is 11.3 Å². The molecule has 3 aromatic rings. The highest BCUT2D eigenvalue weighted by Gasteiger charge is 2.33. The number of anilines is 1. The van der Waals surface area contributed by atoms with Crippen LogP contribution < -0.4 is 14.4 Å². The van der Waals surface area contributed by atoms with Crippen molar-refractivity contribution >= 4 is 27.4 Å². The van der Waals surface area contributed by atoms with Gasteiger partial charge in [0.25, 0.3) is 0 Å². The van der Waals surface area contributed by atoms with Gasteiger partial charge in [0, 0.05) is 35.6 Å². The van der Waals surface area contributed by atoms with Crippen LogP contribution in [0, 0.1) is 0 Å². The van der Waals surface area contributed by atoms with Crippen molar-refractivity contribution in [3.05, 3.63) is 39.5 Å². The molecule has 186 valence electrons. The number of thiophene rings is 1. The van der Waals surface area contributed by atoms with Gasteiger partial charge in [0.15, 0.2) is 0 Å². The lowest BCUT2D eigenvalue weighted by Gasteiger charge is -2.35. The molecule has 0 saturated carbocycles. The highest BCUT2D eigenvalue weighted by atomic mass is 32.1. The van der Waals surface area contributed by atoms with Gasteiger partial charge in [-0.15, -0.1) is 11.3 Å². The summed E-state index contributed by atoms with van der Waals surface area (Å²) in [6, 6.07) is 3.79. The molecule has 1 aromatic carbocycles. The van der Waals surface area contributed by atoms with Crippen molar-refractivity contribution < 1.29 is 19.3 Å². The van der Waals surface area contributed by atoms with Gasteiger partial charge in [-0.25, -0.2) is 9.97 Å². The van der Waals surface area contributed by atoms with Crippen LogP contribution in [0.1, 0.15) is 46.3 Å². The monoisotopic (exact) mass is 496 g/mol. The number of aromatic nitrogens is 2. The Morgan fingerprint density at radius 1 is 1.06 bits per heavy atom. The summed E-state index contributed by atoms with van der Waals surface area (Å²) in [6.07, 6.45) is 3.91. The predicted molar refractivity (Wildman–Crippen MR) is 136 cm³/mol. The van der Waals surface area contributed by atoms with Gasteiger partial charge in [-0.3, -0.25) is 4.90 Å². The third-order valence-corrected chi connectivity index (χ3v) is 8.59. The van der Waals surface area contributed by atoms with Gasteiger partial charge in [0.2, 0.25) is 0 Å². The molecule has 1 atom stereocenters. The number of hydrogen-bond donors (Lipinski definition) is 1. The van der Waals surface area contributed by atoms with Crippen LogP contribution in [0.3, 0.4) is 0 Å². The van der Waals surface area contributed by atoms with Gasteiger partial charge in [-0.05, 0) is 43.4 Å². The topological polar surface area (TPSA) is 80.2 Å². The maximum Gasteiger partial charge on any atom is 0.146 e. The zero-order valence-corrected chi connectivity index (χ0v) is 21.2. The van der Waals surface area contributed by atoms with Crippen LogP contribution in [-0.4, -0.2) is 67.0 Å². The van der Waals surface area contributed by atoms with Crippen molar-refractivity contribution in [3.8, 4) is 11.5 Å². The number of nitrogens with zero attached hydrogens (tertiary/aromatic N) is 4. The quantitative estimate of drug-likeness (QED) is 0.575. The number of hydrogen-bond acceptors (Lipinski definition) is 9. The average molecular weight is 497 g/mol. The maximum atomic E-state index is 11.3. The highest BCUT2D eigenvalue weighted by molar-refractivity contribution is 7.19. The summed E-state index contributed by atoms with van der Waals surface area (Å²) >= 11 is 1.83. The van der Waals surface area contributed by atoms with Gasteiger partial charge < -0.3 is 24.2 Å². The number of ether oxygens (including phenoxy) is 3. The number of aliphatic hydroxyl groups excluding tert-OH is 1. The molecule has 0 amide bonds. The minimum atomic E-state index is -0.703. The second-order valence-electron chi connectivity index (χ2n) is 9.50. The molecule has 0 spiro atoms. The van der Waals surface area contributed by atoms with Crippen molar-refractivity contribution in [2.45, 2.75) is 44.9 Å². The molecule has 1 saturated heterocycles. The second kappa shape index (κ2) is 9.54. The number of methoxy groups -OCH3 is 2. The van der Waals surface area contributed by atoms with E-state index in [4.69, 9.17) is 24.2 Å². The molecule has 1 N–H and O–H groups in total. The number of fused-ring (bicyclic) bond motifs is 4. The summed E-state index contributed by atoms with van der Waals surface area (Å²) in [4.78, 5) is 17.3. The minimum absolute atomic E-state index is 0.449. The molecule has 6 rings (SSSR count). The van der Waals surface area contributed by atoms with Gasteiger partial charge in [0.1, 0.15) is 34.1 Å². The molecule has 3 aliphatic rings. The van der Waals surface area contributed by atoms with Crippen molar-refractivity contribution in [1.82, 2.24) is 14.9 Å². The molecule has 2 aromatic heterocycles. The third kappa shape index (κ3) is 4.14. The molecule has 8 nitrogen and oxygen atoms in total. The lowest BCUT2D eigenvalue weighted by atomic mass is 9.94. The standard InChI is InChI=1S/C26H32N4O4S/c1-32-19-7-8-20(33-2)23-17(19)13-30(14-18(23)31)25-24-16-5-3-4-6-21(16)35-26(24)28-22(27-25)15-29-9-11-34-12-10-29/h7-8,18,31H,3-6,9-15H2,1-2H3/t18-/m0/s1. The number of rotatable bonds is 5. The van der Waals surface area contributed by atoms with E-state index < -0.39 is 6.10 Å². The lowest BCUT2D eigenvalue weighted by molar-refractivity contribution is 0.0331. The fourth-order valence-electron chi connectivity index (χ4n) is 5.68. The van der Waals surface area contributed by atoms with E-state index in [0.717, 1.165) is 72.5 Å². The normalized spacial score (nSPS) is 20.5. The van der Waals surface area contributed by atoms with Crippen LogP contribution in [0.2, 0.25) is 0 Å². The summed E-state index contributed by atoms with van der Waals surface area (Å²) in [5.74, 6) is 3.23. The van der Waals surface area contributed by atoms with Crippen molar-refractivity contribution in [2.24, 2.45) is 0 Å². The zero-order chi connectivity index (χ0) is 23.9. The van der Waals surface area contributed by atoms with E-state index in [0.29, 0.717) is 25.4 Å². The number of aryl methyl sites for hydroxylation is 2. The van der Waals surface area contributed by atoms with Crippen molar-refractivity contribution in [3.63, 3.8) is 0 Å². The van der Waals surface area contributed by atoms with Gasteiger partial charge in [-0.2, -0.15) is 0 Å². The van der Waals surface area contributed by atoms with Gasteiger partial charge in [0.05, 0.1) is 45.9 Å². The third-order valence-electron chi connectivity index (χ3n) is 7.40. The van der Waals surface area contributed by atoms with Crippen molar-refractivity contribution in [1.29, 1.82) is 0 Å². The number of aliphatic hydroxyl groups is 1. The molecule has 9 heteroatoms. The maximum absolute atomic E-state index is 11.3. The van der Waals surface area contributed by atoms with Crippen LogP contribution in [-0.2, 0) is 30.7 Å². The molecule has 1 fully saturated rings. The largest absolute Gasteiger partial charge is 0.496 e. The second-order valence-corrected chi connectivity index (χ2v) is 10.6. The Morgan fingerprint density at radius 2 is 1.83 bits per heavy atom. The molecule has 35 heavy (non-hydrogen) atoms. The Kier molecular flexibility index (Phi) is 6.26. The average Bonchev–Trinajstić information content (AvgIpc) is 3.26. The van der Waals surface area contributed by atoms with Gasteiger partial charge in [-0.1, -0.05) is 0 Å². The van der Waals surface area contributed by atoms with Crippen molar-refractivity contribution in [2.75, 3.05) is 52.0 Å². The first-order chi connectivity index (χ1) is 17.2. The Bertz CT molecular complexity index is 1240. The Balaban J connectivity index is 1.46. The van der Waals surface area contributed by atoms with E-state index in [1.165, 1.54) is 28.7 Å². The summed E-state index contributed by atoms with van der Waals surface area (Å²) in [7, 11) is 3.32. The molecular formula is C26H32N4O4S. The fourth-order valence-corrected chi connectivity index (χ4v) is 6.95. The zero-order valence-electron chi connectivity index (χ0n) is 20.4. The van der Waals surface area contributed by atoms with Crippen LogP contribution in [0.15, 0.2) is 12.1 Å². The number of β-amino-alcohol motifs (C(OH)–C–C–N with tert-alkyl or cyclic N) is 1. The lowest BCUT2D eigenvalue weighted by Crippen LogP contribution is -2.37. The number of benzene rings is 1. The summed E-state index contributed by atoms with van der Waals surface area (Å²) in [5, 5.41) is 12.5. The summed E-state index contributed by atoms with van der Waals surface area (Å²) in [5.41, 5.74) is 3.17. The highest BCUT2D eigenvalue weighted by Crippen LogP contribution is 2.44. The molecule has 0 unspecified atom stereocenters. The molecular weight excluding hydrogens is 464 g/mol. The Hall–Kier alpha value is -2.46. The smallest absolute Gasteiger partial charge is 0.146 e. The summed E-state index contributed by atoms with van der Waals surface area (Å²) in [6.45, 7) is 5.04. The Morgan fingerprint density at radius 3 is 2.63 bits per heavy atom. The minimum Gasteiger partial charge on any atom is -0.496 e.